The largest absolute Gasteiger partial charge is 0.322 e. The van der Waals surface area contributed by atoms with Gasteiger partial charge in [0.15, 0.2) is 0 Å². The van der Waals surface area contributed by atoms with E-state index in [1.54, 1.807) is 24.3 Å². The summed E-state index contributed by atoms with van der Waals surface area (Å²) in [4.78, 5) is 52.3. The molecule has 2 aromatic carbocycles. The van der Waals surface area contributed by atoms with Crippen molar-refractivity contribution < 1.29 is 19.4 Å². The minimum atomic E-state index is -0.448. The number of carbonyl (C=O) groups excluding carboxylic acids is 2. The van der Waals surface area contributed by atoms with Crippen molar-refractivity contribution in [2.75, 3.05) is 23.7 Å². The molecule has 3 aliphatic carbocycles. The number of rotatable bonds is 10. The van der Waals surface area contributed by atoms with Crippen LogP contribution in [0.15, 0.2) is 48.5 Å². The molecule has 2 aromatic rings. The van der Waals surface area contributed by atoms with Crippen LogP contribution < -0.4 is 10.6 Å². The number of hydrogen-bond donors (Lipinski definition) is 2. The third-order valence-electron chi connectivity index (χ3n) is 10.1. The molecule has 46 heavy (non-hydrogen) atoms. The molecule has 3 saturated carbocycles. The van der Waals surface area contributed by atoms with E-state index in [9.17, 15) is 29.8 Å². The number of nitro groups is 2. The summed E-state index contributed by atoms with van der Waals surface area (Å²) in [6, 6.07) is 12.0. The second-order valence-electron chi connectivity index (χ2n) is 13.2. The number of hydrogen-bond acceptors (Lipinski definition) is 6. The smallest absolute Gasteiger partial charge is 0.321 e. The number of nitro benzene ring substituents is 2. The average molecular weight is 635 g/mol. The Morgan fingerprint density at radius 3 is 1.20 bits per heavy atom. The van der Waals surface area contributed by atoms with Crippen LogP contribution in [-0.4, -0.2) is 56.9 Å². The van der Waals surface area contributed by atoms with Crippen LogP contribution in [0.5, 0.6) is 0 Å². The van der Waals surface area contributed by atoms with Crippen LogP contribution >= 0.6 is 0 Å². The summed E-state index contributed by atoms with van der Waals surface area (Å²) in [5, 5.41) is 28.1. The molecule has 0 aliphatic heterocycles. The van der Waals surface area contributed by atoms with Gasteiger partial charge < -0.3 is 20.4 Å². The van der Waals surface area contributed by atoms with Gasteiger partial charge in [0.25, 0.3) is 11.4 Å². The van der Waals surface area contributed by atoms with E-state index in [-0.39, 0.29) is 35.5 Å². The lowest BCUT2D eigenvalue weighted by Crippen LogP contribution is -2.48. The second kappa shape index (κ2) is 15.9. The molecule has 0 saturated heterocycles. The fraction of sp³-hybridized carbons (Fsp3) is 0.588. The average Bonchev–Trinajstić information content (AvgIpc) is 3.08. The van der Waals surface area contributed by atoms with Crippen molar-refractivity contribution in [1.82, 2.24) is 9.80 Å². The van der Waals surface area contributed by atoms with Crippen LogP contribution in [0.2, 0.25) is 0 Å². The first-order chi connectivity index (χ1) is 22.3. The predicted octanol–water partition coefficient (Wildman–Crippen LogP) is 8.34. The predicted molar refractivity (Wildman–Crippen MR) is 177 cm³/mol. The van der Waals surface area contributed by atoms with E-state index in [1.807, 2.05) is 9.80 Å². The molecular formula is C34H46N6O6. The van der Waals surface area contributed by atoms with E-state index in [4.69, 9.17) is 0 Å². The quantitative estimate of drug-likeness (QED) is 0.198. The second-order valence-corrected chi connectivity index (χ2v) is 13.2. The molecule has 0 radical (unpaired) electrons. The van der Waals surface area contributed by atoms with Crippen LogP contribution in [-0.2, 0) is 0 Å². The maximum absolute atomic E-state index is 13.6. The van der Waals surface area contributed by atoms with Crippen molar-refractivity contribution in [2.45, 2.75) is 102 Å². The topological polar surface area (TPSA) is 151 Å². The minimum Gasteiger partial charge on any atom is -0.321 e. The van der Waals surface area contributed by atoms with Gasteiger partial charge in [-0.15, -0.1) is 0 Å². The van der Waals surface area contributed by atoms with Crippen molar-refractivity contribution in [2.24, 2.45) is 11.8 Å². The molecule has 0 unspecified atom stereocenters. The summed E-state index contributed by atoms with van der Waals surface area (Å²) in [6.45, 7) is 1.37. The summed E-state index contributed by atoms with van der Waals surface area (Å²) in [5.74, 6) is 0.746. The highest BCUT2D eigenvalue weighted by Crippen LogP contribution is 2.34. The normalized spacial score (nSPS) is 20.8. The van der Waals surface area contributed by atoms with Crippen LogP contribution in [0, 0.1) is 32.1 Å². The SMILES string of the molecule is O=C(Nc1ccc([N+](=O)[O-])cc1)N(CC1CCC(CN(C(=O)Nc2ccc([N+](=O)[O-])cc2)C2CCCCC2)CC1)C1CCCCC1. The Morgan fingerprint density at radius 1 is 0.565 bits per heavy atom. The molecule has 12 heteroatoms. The summed E-state index contributed by atoms with van der Waals surface area (Å²) in [7, 11) is 0. The Bertz CT molecular complexity index is 1230. The van der Waals surface area contributed by atoms with Gasteiger partial charge in [-0.3, -0.25) is 20.2 Å². The van der Waals surface area contributed by atoms with Gasteiger partial charge in [0.2, 0.25) is 0 Å². The van der Waals surface area contributed by atoms with E-state index in [0.717, 1.165) is 77.0 Å². The highest BCUT2D eigenvalue weighted by molar-refractivity contribution is 5.90. The molecule has 0 atom stereocenters. The zero-order valence-corrected chi connectivity index (χ0v) is 26.5. The summed E-state index contributed by atoms with van der Waals surface area (Å²) in [6.07, 6.45) is 14.7. The van der Waals surface area contributed by atoms with E-state index >= 15 is 0 Å². The standard InChI is InChI=1S/C34H46N6O6/c41-33(35-27-15-19-31(20-16-27)39(43)44)37(29-7-3-1-4-8-29)23-25-11-13-26(14-12-25)24-38(30-9-5-2-6-10-30)34(42)36-28-17-21-32(22-18-28)40(45)46/h15-22,25-26,29-30H,1-14,23-24H2,(H,35,41)(H,36,42). The zero-order valence-electron chi connectivity index (χ0n) is 26.5. The van der Waals surface area contributed by atoms with Gasteiger partial charge in [-0.25, -0.2) is 9.59 Å². The van der Waals surface area contributed by atoms with E-state index in [1.165, 1.54) is 37.1 Å². The maximum atomic E-state index is 13.6. The minimum absolute atomic E-state index is 0.00947. The van der Waals surface area contributed by atoms with Crippen molar-refractivity contribution in [3.05, 3.63) is 68.8 Å². The van der Waals surface area contributed by atoms with Crippen LogP contribution in [0.1, 0.15) is 89.9 Å². The number of amides is 4. The van der Waals surface area contributed by atoms with Gasteiger partial charge >= 0.3 is 12.1 Å². The van der Waals surface area contributed by atoms with Crippen molar-refractivity contribution in [1.29, 1.82) is 0 Å². The Hall–Kier alpha value is -4.22. The number of benzene rings is 2. The molecule has 4 amide bonds. The summed E-state index contributed by atoms with van der Waals surface area (Å²) >= 11 is 0. The van der Waals surface area contributed by atoms with Gasteiger partial charge in [-0.1, -0.05) is 38.5 Å². The molecular weight excluding hydrogens is 588 g/mol. The Labute approximate surface area is 270 Å². The van der Waals surface area contributed by atoms with Gasteiger partial charge in [-0.2, -0.15) is 0 Å². The monoisotopic (exact) mass is 634 g/mol. The third-order valence-corrected chi connectivity index (χ3v) is 10.1. The molecule has 3 fully saturated rings. The molecule has 3 aliphatic rings. The lowest BCUT2D eigenvalue weighted by Gasteiger charge is -2.40. The van der Waals surface area contributed by atoms with E-state index in [2.05, 4.69) is 10.6 Å². The zero-order chi connectivity index (χ0) is 32.5. The van der Waals surface area contributed by atoms with Crippen molar-refractivity contribution in [3.63, 3.8) is 0 Å². The van der Waals surface area contributed by atoms with Crippen LogP contribution in [0.25, 0.3) is 0 Å². The lowest BCUT2D eigenvalue weighted by atomic mass is 9.80. The molecule has 2 N–H and O–H groups in total. The summed E-state index contributed by atoms with van der Waals surface area (Å²) in [5.41, 5.74) is 1.08. The first kappa shape index (κ1) is 33.2. The van der Waals surface area contributed by atoms with E-state index < -0.39 is 9.85 Å². The van der Waals surface area contributed by atoms with Crippen molar-refractivity contribution in [3.8, 4) is 0 Å². The Balaban J connectivity index is 1.19. The van der Waals surface area contributed by atoms with Gasteiger partial charge in [0.05, 0.1) is 9.85 Å². The number of nitrogens with one attached hydrogen (secondary N) is 2. The number of urea groups is 2. The molecule has 12 nitrogen and oxygen atoms in total. The van der Waals surface area contributed by atoms with Gasteiger partial charge in [0, 0.05) is 60.8 Å². The fourth-order valence-corrected chi connectivity index (χ4v) is 7.46. The highest BCUT2D eigenvalue weighted by Gasteiger charge is 2.33. The van der Waals surface area contributed by atoms with E-state index in [0.29, 0.717) is 36.3 Å². The van der Waals surface area contributed by atoms with Crippen LogP contribution in [0.3, 0.4) is 0 Å². The fourth-order valence-electron chi connectivity index (χ4n) is 7.46. The number of nitrogens with zero attached hydrogens (tertiary/aromatic N) is 4. The van der Waals surface area contributed by atoms with Crippen LogP contribution in [0.4, 0.5) is 32.3 Å². The molecule has 0 heterocycles. The first-order valence-electron chi connectivity index (χ1n) is 16.9. The number of non-ortho nitro benzene ring substituents is 2. The summed E-state index contributed by atoms with van der Waals surface area (Å²) < 4.78 is 0. The van der Waals surface area contributed by atoms with Gasteiger partial charge in [-0.05, 0) is 87.5 Å². The molecule has 0 bridgehead atoms. The first-order valence-corrected chi connectivity index (χ1v) is 16.9. The lowest BCUT2D eigenvalue weighted by molar-refractivity contribution is -0.385. The maximum Gasteiger partial charge on any atom is 0.322 e. The molecule has 0 spiro atoms. The Kier molecular flexibility index (Phi) is 11.4. The third kappa shape index (κ3) is 8.95. The van der Waals surface area contributed by atoms with Gasteiger partial charge in [0.1, 0.15) is 0 Å². The van der Waals surface area contributed by atoms with Crippen molar-refractivity contribution >= 4 is 34.8 Å². The number of anilines is 2. The Morgan fingerprint density at radius 2 is 0.891 bits per heavy atom. The molecule has 0 aromatic heterocycles. The molecule has 5 rings (SSSR count). The molecule has 248 valence electrons. The highest BCUT2D eigenvalue weighted by atomic mass is 16.6. The number of carbonyl (C=O) groups is 2.